The molecule has 1 aromatic heterocycles. The lowest BCUT2D eigenvalue weighted by atomic mass is 9.96. The Labute approximate surface area is 135 Å². The lowest BCUT2D eigenvalue weighted by molar-refractivity contribution is -0.136. The molecule has 6 heteroatoms. The molecule has 2 aliphatic heterocycles. The van der Waals surface area contributed by atoms with Crippen LogP contribution in [0.2, 0.25) is 0 Å². The normalized spacial score (nSPS) is 23.8. The molecule has 120 valence electrons. The van der Waals surface area contributed by atoms with E-state index in [1.54, 1.807) is 11.3 Å². The summed E-state index contributed by atoms with van der Waals surface area (Å²) in [5.74, 6) is -0.108. The topological polar surface area (TPSA) is 66.6 Å². The van der Waals surface area contributed by atoms with E-state index in [9.17, 15) is 9.59 Å². The Morgan fingerprint density at radius 3 is 2.64 bits per heavy atom. The molecule has 1 aromatic rings. The Bertz CT molecular complexity index is 524. The standard InChI is InChI=1S/C16H23N3O2S/c17-16(21)12-3-7-18(8-4-12)15(20)10-19-6-1-2-14(19)13-5-9-22-11-13/h5,9,11-12,14H,1-4,6-8,10H2,(H2,17,21). The zero-order valence-corrected chi connectivity index (χ0v) is 13.6. The van der Waals surface area contributed by atoms with Gasteiger partial charge < -0.3 is 10.6 Å². The SMILES string of the molecule is NC(=O)C1CCN(C(=O)CN2CCCC2c2ccsc2)CC1. The minimum Gasteiger partial charge on any atom is -0.369 e. The highest BCUT2D eigenvalue weighted by atomic mass is 32.1. The van der Waals surface area contributed by atoms with E-state index in [-0.39, 0.29) is 17.7 Å². The number of likely N-dealkylation sites (tertiary alicyclic amines) is 2. The summed E-state index contributed by atoms with van der Waals surface area (Å²) in [5, 5.41) is 4.29. The van der Waals surface area contributed by atoms with Gasteiger partial charge in [-0.2, -0.15) is 11.3 Å². The van der Waals surface area contributed by atoms with Crippen LogP contribution in [0.15, 0.2) is 16.8 Å². The number of nitrogens with zero attached hydrogens (tertiary/aromatic N) is 2. The Morgan fingerprint density at radius 1 is 1.23 bits per heavy atom. The number of hydrogen-bond acceptors (Lipinski definition) is 4. The second kappa shape index (κ2) is 6.79. The van der Waals surface area contributed by atoms with Gasteiger partial charge in [-0.05, 0) is 54.6 Å². The van der Waals surface area contributed by atoms with Gasteiger partial charge in [-0.1, -0.05) is 0 Å². The fraction of sp³-hybridized carbons (Fsp3) is 0.625. The molecule has 2 fully saturated rings. The largest absolute Gasteiger partial charge is 0.369 e. The first-order valence-electron chi connectivity index (χ1n) is 7.98. The van der Waals surface area contributed by atoms with Crippen LogP contribution in [0, 0.1) is 5.92 Å². The molecule has 0 bridgehead atoms. The molecule has 0 saturated carbocycles. The quantitative estimate of drug-likeness (QED) is 0.916. The molecule has 2 aliphatic rings. The van der Waals surface area contributed by atoms with Crippen molar-refractivity contribution in [2.24, 2.45) is 11.7 Å². The van der Waals surface area contributed by atoms with E-state index in [0.717, 1.165) is 19.4 Å². The number of amides is 2. The summed E-state index contributed by atoms with van der Waals surface area (Å²) in [7, 11) is 0. The van der Waals surface area contributed by atoms with Crippen LogP contribution in [0.1, 0.15) is 37.3 Å². The minimum atomic E-state index is -0.232. The van der Waals surface area contributed by atoms with Gasteiger partial charge in [0, 0.05) is 25.0 Å². The van der Waals surface area contributed by atoms with Crippen LogP contribution >= 0.6 is 11.3 Å². The molecule has 22 heavy (non-hydrogen) atoms. The van der Waals surface area contributed by atoms with Gasteiger partial charge in [-0.3, -0.25) is 14.5 Å². The fourth-order valence-electron chi connectivity index (χ4n) is 3.54. The smallest absolute Gasteiger partial charge is 0.236 e. The molecule has 2 N–H and O–H groups in total. The molecular weight excluding hydrogens is 298 g/mol. The van der Waals surface area contributed by atoms with Crippen LogP contribution in [0.25, 0.3) is 0 Å². The van der Waals surface area contributed by atoms with E-state index in [2.05, 4.69) is 21.7 Å². The number of carbonyl (C=O) groups excluding carboxylic acids is 2. The van der Waals surface area contributed by atoms with Crippen molar-refractivity contribution in [2.45, 2.75) is 31.7 Å². The minimum absolute atomic E-state index is 0.0607. The predicted octanol–water partition coefficient (Wildman–Crippen LogP) is 1.61. The van der Waals surface area contributed by atoms with Gasteiger partial charge in [0.05, 0.1) is 6.54 Å². The van der Waals surface area contributed by atoms with Crippen molar-refractivity contribution in [3.63, 3.8) is 0 Å². The highest BCUT2D eigenvalue weighted by Gasteiger charge is 2.31. The van der Waals surface area contributed by atoms with E-state index in [4.69, 9.17) is 5.73 Å². The molecule has 5 nitrogen and oxygen atoms in total. The number of thiophene rings is 1. The third kappa shape index (κ3) is 3.33. The molecule has 2 saturated heterocycles. The van der Waals surface area contributed by atoms with Crippen molar-refractivity contribution in [1.82, 2.24) is 9.80 Å². The third-order valence-electron chi connectivity index (χ3n) is 4.88. The van der Waals surface area contributed by atoms with E-state index in [0.29, 0.717) is 38.5 Å². The van der Waals surface area contributed by atoms with Gasteiger partial charge in [-0.15, -0.1) is 0 Å². The zero-order chi connectivity index (χ0) is 15.5. The first-order valence-corrected chi connectivity index (χ1v) is 8.92. The van der Waals surface area contributed by atoms with Gasteiger partial charge in [0.1, 0.15) is 0 Å². The number of primary amides is 1. The number of carbonyl (C=O) groups is 2. The number of hydrogen-bond donors (Lipinski definition) is 1. The third-order valence-corrected chi connectivity index (χ3v) is 5.58. The molecule has 0 radical (unpaired) electrons. The lowest BCUT2D eigenvalue weighted by Crippen LogP contribution is -2.45. The Balaban J connectivity index is 1.54. The highest BCUT2D eigenvalue weighted by Crippen LogP contribution is 2.32. The van der Waals surface area contributed by atoms with Gasteiger partial charge in [0.15, 0.2) is 0 Å². The summed E-state index contributed by atoms with van der Waals surface area (Å²) in [4.78, 5) is 27.9. The van der Waals surface area contributed by atoms with Crippen LogP contribution in [0.5, 0.6) is 0 Å². The molecule has 3 heterocycles. The summed E-state index contributed by atoms with van der Waals surface area (Å²) in [6.07, 6.45) is 3.69. The van der Waals surface area contributed by atoms with Crippen molar-refractivity contribution in [2.75, 3.05) is 26.2 Å². The van der Waals surface area contributed by atoms with Crippen LogP contribution in [0.3, 0.4) is 0 Å². The summed E-state index contributed by atoms with van der Waals surface area (Å²) >= 11 is 1.71. The van der Waals surface area contributed by atoms with Crippen LogP contribution in [-0.2, 0) is 9.59 Å². The molecule has 2 amide bonds. The van der Waals surface area contributed by atoms with Crippen LogP contribution in [-0.4, -0.2) is 47.8 Å². The summed E-state index contributed by atoms with van der Waals surface area (Å²) in [6.45, 7) is 2.79. The molecule has 3 rings (SSSR count). The van der Waals surface area contributed by atoms with Crippen molar-refractivity contribution < 1.29 is 9.59 Å². The predicted molar refractivity (Wildman–Crippen MR) is 86.4 cm³/mol. The van der Waals surface area contributed by atoms with Crippen molar-refractivity contribution in [3.05, 3.63) is 22.4 Å². The molecule has 0 spiro atoms. The maximum Gasteiger partial charge on any atom is 0.236 e. The van der Waals surface area contributed by atoms with Crippen molar-refractivity contribution >= 4 is 23.2 Å². The van der Waals surface area contributed by atoms with Gasteiger partial charge >= 0.3 is 0 Å². The molecule has 1 unspecified atom stereocenters. The summed E-state index contributed by atoms with van der Waals surface area (Å²) in [6, 6.07) is 2.55. The van der Waals surface area contributed by atoms with Crippen LogP contribution in [0.4, 0.5) is 0 Å². The lowest BCUT2D eigenvalue weighted by Gasteiger charge is -2.33. The Hall–Kier alpha value is -1.40. The second-order valence-electron chi connectivity index (χ2n) is 6.24. The van der Waals surface area contributed by atoms with E-state index in [1.165, 1.54) is 5.56 Å². The first kappa shape index (κ1) is 15.5. The highest BCUT2D eigenvalue weighted by molar-refractivity contribution is 7.07. The van der Waals surface area contributed by atoms with Crippen molar-refractivity contribution in [3.8, 4) is 0 Å². The van der Waals surface area contributed by atoms with Gasteiger partial charge in [0.25, 0.3) is 0 Å². The van der Waals surface area contributed by atoms with E-state index >= 15 is 0 Å². The Kier molecular flexibility index (Phi) is 4.78. The number of nitrogens with two attached hydrogens (primary N) is 1. The van der Waals surface area contributed by atoms with Gasteiger partial charge in [0.2, 0.25) is 11.8 Å². The number of piperidine rings is 1. The van der Waals surface area contributed by atoms with E-state index in [1.807, 2.05) is 4.90 Å². The molecule has 1 atom stereocenters. The monoisotopic (exact) mass is 321 g/mol. The first-order chi connectivity index (χ1) is 10.6. The maximum absolute atomic E-state index is 12.5. The zero-order valence-electron chi connectivity index (χ0n) is 12.7. The van der Waals surface area contributed by atoms with E-state index < -0.39 is 0 Å². The molecular formula is C16H23N3O2S. The molecule has 0 aromatic carbocycles. The average molecular weight is 321 g/mol. The second-order valence-corrected chi connectivity index (χ2v) is 7.02. The van der Waals surface area contributed by atoms with Crippen LogP contribution < -0.4 is 5.73 Å². The van der Waals surface area contributed by atoms with Gasteiger partial charge in [-0.25, -0.2) is 0 Å². The Morgan fingerprint density at radius 2 is 2.00 bits per heavy atom. The summed E-state index contributed by atoms with van der Waals surface area (Å²) in [5.41, 5.74) is 6.68. The maximum atomic E-state index is 12.5. The van der Waals surface area contributed by atoms with Crippen molar-refractivity contribution in [1.29, 1.82) is 0 Å². The number of rotatable bonds is 4. The summed E-state index contributed by atoms with van der Waals surface area (Å²) < 4.78 is 0. The average Bonchev–Trinajstić information content (AvgIpc) is 3.18. The molecule has 0 aliphatic carbocycles. The fourth-order valence-corrected chi connectivity index (χ4v) is 4.25.